The Morgan fingerprint density at radius 2 is 1.98 bits per heavy atom. The molecule has 3 aliphatic heterocycles. The number of carbonyl (C=O) groups excluding carboxylic acids is 1. The Labute approximate surface area is 292 Å². The van der Waals surface area contributed by atoms with Crippen molar-refractivity contribution in [1.29, 1.82) is 5.26 Å². The van der Waals surface area contributed by atoms with Crippen molar-refractivity contribution < 1.29 is 18.3 Å². The summed E-state index contributed by atoms with van der Waals surface area (Å²) in [6.07, 6.45) is 5.01. The first-order valence-electron chi connectivity index (χ1n) is 17.5. The molecule has 11 heteroatoms. The first kappa shape index (κ1) is 31.7. The van der Waals surface area contributed by atoms with Crippen LogP contribution in [0.5, 0.6) is 0 Å². The number of morpholine rings is 1. The maximum Gasteiger partial charge on any atom is 0.249 e. The predicted molar refractivity (Wildman–Crippen MR) is 190 cm³/mol. The second-order valence-electron chi connectivity index (χ2n) is 13.9. The van der Waals surface area contributed by atoms with Crippen molar-refractivity contribution in [3.63, 3.8) is 0 Å². The van der Waals surface area contributed by atoms with E-state index in [1.807, 2.05) is 36.9 Å². The Kier molecular flexibility index (Phi) is 7.56. The van der Waals surface area contributed by atoms with Gasteiger partial charge >= 0.3 is 0 Å². The van der Waals surface area contributed by atoms with Gasteiger partial charge in [-0.05, 0) is 72.7 Å². The number of hydrogen-bond acceptors (Lipinski definition) is 7. The van der Waals surface area contributed by atoms with E-state index in [0.29, 0.717) is 58.8 Å². The minimum atomic E-state index is -0.522. The minimum Gasteiger partial charge on any atom is -0.370 e. The number of benzene rings is 3. The number of pyridine rings is 1. The molecule has 1 amide bonds. The number of halogens is 2. The quantitative estimate of drug-likeness (QED) is 0.194. The number of nitrogens with one attached hydrogen (secondary N) is 1. The average molecular weight is 684 g/mol. The zero-order valence-electron chi connectivity index (χ0n) is 28.3. The average Bonchev–Trinajstić information content (AvgIpc) is 3.86. The van der Waals surface area contributed by atoms with Crippen LogP contribution in [0.1, 0.15) is 48.8 Å². The molecule has 1 N–H and O–H groups in total. The molecule has 0 radical (unpaired) electrons. The first-order chi connectivity index (χ1) is 24.8. The largest absolute Gasteiger partial charge is 0.370 e. The van der Waals surface area contributed by atoms with Crippen molar-refractivity contribution in [3.05, 3.63) is 89.5 Å². The first-order valence-corrected chi connectivity index (χ1v) is 17.5. The molecular formula is C40H35F2N7O2. The van der Waals surface area contributed by atoms with Crippen molar-refractivity contribution in [3.8, 4) is 28.6 Å². The van der Waals surface area contributed by atoms with Gasteiger partial charge in [0.05, 0.1) is 42.2 Å². The summed E-state index contributed by atoms with van der Waals surface area (Å²) >= 11 is 0. The molecular weight excluding hydrogens is 648 g/mol. The second kappa shape index (κ2) is 12.2. The Morgan fingerprint density at radius 1 is 1.10 bits per heavy atom. The maximum atomic E-state index is 17.4. The standard InChI is InChI=1S/C40H35F2N7O2/c1-21-17-45-32(19-44-21)37-34-28(7-4-12-43)38(22(2)48-13-14-51-20-33(48)50)49(39-24-15-31(39)46-18-24)40(34)29-11-10-27(35(42)36(29)47-37)26-6-3-5-23-8-9-25(41)16-30(23)26/h3,5-6,8-11,16-17,19,22,24,31,39,46H,4,7,13-15,18,20H2,1-2H3/t22?,24-,31-,39+/m1/s1. The number of aromatic nitrogens is 4. The van der Waals surface area contributed by atoms with Crippen LogP contribution in [0.4, 0.5) is 8.78 Å². The van der Waals surface area contributed by atoms with Gasteiger partial charge in [-0.15, -0.1) is 0 Å². The summed E-state index contributed by atoms with van der Waals surface area (Å²) < 4.78 is 39.7. The summed E-state index contributed by atoms with van der Waals surface area (Å²) in [6, 6.07) is 16.0. The van der Waals surface area contributed by atoms with E-state index in [1.54, 1.807) is 30.6 Å². The highest BCUT2D eigenvalue weighted by molar-refractivity contribution is 6.13. The van der Waals surface area contributed by atoms with Gasteiger partial charge in [-0.3, -0.25) is 14.8 Å². The van der Waals surface area contributed by atoms with Crippen LogP contribution in [-0.2, 0) is 16.0 Å². The molecule has 4 aliphatic rings. The van der Waals surface area contributed by atoms with Gasteiger partial charge in [-0.2, -0.15) is 5.26 Å². The second-order valence-corrected chi connectivity index (χ2v) is 13.9. The number of hydrogen-bond donors (Lipinski definition) is 1. The van der Waals surface area contributed by atoms with Crippen LogP contribution in [0, 0.1) is 35.8 Å². The number of nitrogens with zero attached hydrogens (tertiary/aromatic N) is 6. The summed E-state index contributed by atoms with van der Waals surface area (Å²) in [7, 11) is 0. The zero-order chi connectivity index (χ0) is 35.0. The third-order valence-corrected chi connectivity index (χ3v) is 11.1. The van der Waals surface area contributed by atoms with E-state index >= 15 is 4.39 Å². The van der Waals surface area contributed by atoms with Gasteiger partial charge in [-0.1, -0.05) is 30.3 Å². The normalized spacial score (nSPS) is 20.6. The lowest BCUT2D eigenvalue weighted by Gasteiger charge is -2.40. The molecule has 256 valence electrons. The van der Waals surface area contributed by atoms with Crippen molar-refractivity contribution in [2.24, 2.45) is 5.92 Å². The van der Waals surface area contributed by atoms with Crippen LogP contribution in [0.3, 0.4) is 0 Å². The van der Waals surface area contributed by atoms with Crippen LogP contribution in [0.25, 0.3) is 55.1 Å². The van der Waals surface area contributed by atoms with Crippen LogP contribution < -0.4 is 5.32 Å². The molecule has 1 unspecified atom stereocenters. The molecule has 3 aromatic carbocycles. The smallest absolute Gasteiger partial charge is 0.249 e. The highest BCUT2D eigenvalue weighted by Crippen LogP contribution is 2.51. The lowest BCUT2D eigenvalue weighted by molar-refractivity contribution is -0.145. The van der Waals surface area contributed by atoms with Crippen molar-refractivity contribution in [1.82, 2.24) is 29.7 Å². The Hall–Kier alpha value is -5.31. The van der Waals surface area contributed by atoms with Gasteiger partial charge in [0.1, 0.15) is 29.3 Å². The van der Waals surface area contributed by atoms with Gasteiger partial charge in [0.15, 0.2) is 5.82 Å². The number of fused-ring (bicyclic) bond motifs is 5. The van der Waals surface area contributed by atoms with Gasteiger partial charge < -0.3 is 19.5 Å². The Morgan fingerprint density at radius 3 is 2.73 bits per heavy atom. The Bertz CT molecular complexity index is 2420. The SMILES string of the molecule is Cc1cnc(-c2nc3c(F)c(-c4cccc5ccc(F)cc45)ccc3c3c2c(CCC#N)c(C(C)N2CCOCC2=O)n3[C@H]2[C@H]3CN[C@@H]2C3)cn1. The Balaban J connectivity index is 1.41. The molecule has 10 rings (SSSR count). The van der Waals surface area contributed by atoms with E-state index < -0.39 is 11.6 Å². The van der Waals surface area contributed by atoms with Crippen molar-refractivity contribution in [2.45, 2.75) is 51.2 Å². The van der Waals surface area contributed by atoms with Crippen molar-refractivity contribution >= 4 is 38.5 Å². The van der Waals surface area contributed by atoms with E-state index in [1.165, 1.54) is 12.1 Å². The molecule has 2 bridgehead atoms. The molecule has 4 atom stereocenters. The molecule has 6 aromatic rings. The minimum absolute atomic E-state index is 0.00901. The van der Waals surface area contributed by atoms with E-state index in [0.717, 1.165) is 46.2 Å². The summed E-state index contributed by atoms with van der Waals surface area (Å²) in [6.45, 7) is 5.63. The van der Waals surface area contributed by atoms with E-state index in [4.69, 9.17) is 14.7 Å². The fourth-order valence-corrected chi connectivity index (χ4v) is 8.72. The molecule has 1 saturated carbocycles. The maximum absolute atomic E-state index is 17.4. The molecule has 3 saturated heterocycles. The van der Waals surface area contributed by atoms with Gasteiger partial charge in [0, 0.05) is 53.8 Å². The molecule has 4 fully saturated rings. The third kappa shape index (κ3) is 4.92. The van der Waals surface area contributed by atoms with Crippen molar-refractivity contribution in [2.75, 3.05) is 26.3 Å². The summed E-state index contributed by atoms with van der Waals surface area (Å²) in [5.74, 6) is -0.669. The number of rotatable bonds is 7. The molecule has 51 heavy (non-hydrogen) atoms. The zero-order valence-corrected chi connectivity index (χ0v) is 28.3. The van der Waals surface area contributed by atoms with Gasteiger partial charge in [-0.25, -0.2) is 13.8 Å². The highest BCUT2D eigenvalue weighted by atomic mass is 19.1. The van der Waals surface area contributed by atoms with Crippen LogP contribution in [0.2, 0.25) is 0 Å². The lowest BCUT2D eigenvalue weighted by Crippen LogP contribution is -2.45. The number of amides is 1. The third-order valence-electron chi connectivity index (χ3n) is 11.1. The van der Waals surface area contributed by atoms with E-state index in [9.17, 15) is 14.4 Å². The fourth-order valence-electron chi connectivity index (χ4n) is 8.72. The van der Waals surface area contributed by atoms with Gasteiger partial charge in [0.2, 0.25) is 5.91 Å². The summed E-state index contributed by atoms with van der Waals surface area (Å²) in [5.41, 5.74) is 5.38. The molecule has 0 spiro atoms. The summed E-state index contributed by atoms with van der Waals surface area (Å²) in [5, 5.41) is 16.4. The fraction of sp³-hybridized carbons (Fsp3) is 0.325. The molecule has 3 aromatic heterocycles. The predicted octanol–water partition coefficient (Wildman–Crippen LogP) is 6.96. The van der Waals surface area contributed by atoms with E-state index in [-0.39, 0.29) is 42.6 Å². The van der Waals surface area contributed by atoms with Crippen LogP contribution >= 0.6 is 0 Å². The molecule has 9 nitrogen and oxygen atoms in total. The van der Waals surface area contributed by atoms with E-state index in [2.05, 4.69) is 20.9 Å². The molecule has 1 aliphatic carbocycles. The lowest BCUT2D eigenvalue weighted by atomic mass is 9.79. The summed E-state index contributed by atoms with van der Waals surface area (Å²) in [4.78, 5) is 29.6. The number of nitriles is 1. The van der Waals surface area contributed by atoms with Crippen LogP contribution in [0.15, 0.2) is 60.9 Å². The number of carbonyl (C=O) groups is 1. The number of aryl methyl sites for hydroxylation is 2. The van der Waals surface area contributed by atoms with Gasteiger partial charge in [0.25, 0.3) is 0 Å². The topological polar surface area (TPSA) is 109 Å². The molecule has 6 heterocycles. The highest BCUT2D eigenvalue weighted by Gasteiger charge is 2.50. The number of ether oxygens (including phenoxy) is 1. The monoisotopic (exact) mass is 683 g/mol. The van der Waals surface area contributed by atoms with Crippen LogP contribution in [-0.4, -0.2) is 62.7 Å².